The number of anilines is 1. The van der Waals surface area contributed by atoms with E-state index in [9.17, 15) is 14.9 Å². The van der Waals surface area contributed by atoms with Crippen molar-refractivity contribution in [2.75, 3.05) is 5.32 Å². The second-order valence-corrected chi connectivity index (χ2v) is 4.90. The largest absolute Gasteiger partial charge is 0.306 e. The fraction of sp³-hybridized carbons (Fsp3) is 0.0769. The van der Waals surface area contributed by atoms with Crippen LogP contribution in [0.3, 0.4) is 0 Å². The van der Waals surface area contributed by atoms with Crippen molar-refractivity contribution in [2.24, 2.45) is 0 Å². The average molecular weight is 336 g/mol. The lowest BCUT2D eigenvalue weighted by Crippen LogP contribution is -2.14. The van der Waals surface area contributed by atoms with Gasteiger partial charge in [-0.3, -0.25) is 14.9 Å². The predicted molar refractivity (Wildman–Crippen MR) is 77.7 cm³/mol. The number of hydrogen-bond acceptors (Lipinski definition) is 4. The van der Waals surface area contributed by atoms with Crippen molar-refractivity contribution in [3.05, 3.63) is 62.2 Å². The van der Waals surface area contributed by atoms with Crippen LogP contribution in [0, 0.1) is 17.0 Å². The Hall–Kier alpha value is -2.28. The second kappa shape index (κ2) is 5.79. The molecule has 1 N–H and O–H groups in total. The number of aromatic nitrogens is 1. The van der Waals surface area contributed by atoms with Gasteiger partial charge in [-0.05, 0) is 46.6 Å². The molecule has 1 aromatic heterocycles. The van der Waals surface area contributed by atoms with E-state index in [0.717, 1.165) is 0 Å². The van der Waals surface area contributed by atoms with Crippen LogP contribution < -0.4 is 5.32 Å². The van der Waals surface area contributed by atoms with E-state index in [2.05, 4.69) is 26.2 Å². The highest BCUT2D eigenvalue weighted by molar-refractivity contribution is 9.10. The first kappa shape index (κ1) is 14.1. The minimum Gasteiger partial charge on any atom is -0.306 e. The van der Waals surface area contributed by atoms with Crippen molar-refractivity contribution in [3.63, 3.8) is 0 Å². The molecule has 0 fully saturated rings. The highest BCUT2D eigenvalue weighted by atomic mass is 79.9. The summed E-state index contributed by atoms with van der Waals surface area (Å²) in [4.78, 5) is 26.3. The van der Waals surface area contributed by atoms with Gasteiger partial charge in [0, 0.05) is 23.9 Å². The maximum Gasteiger partial charge on any atom is 0.269 e. The van der Waals surface area contributed by atoms with Gasteiger partial charge in [0.15, 0.2) is 0 Å². The van der Waals surface area contributed by atoms with Crippen LogP contribution in [0.4, 0.5) is 11.5 Å². The molecule has 0 aliphatic rings. The minimum absolute atomic E-state index is 0.0435. The molecule has 1 heterocycles. The van der Waals surface area contributed by atoms with Crippen LogP contribution in [0.25, 0.3) is 0 Å². The van der Waals surface area contributed by atoms with Crippen molar-refractivity contribution in [2.45, 2.75) is 6.92 Å². The zero-order valence-corrected chi connectivity index (χ0v) is 12.0. The van der Waals surface area contributed by atoms with Gasteiger partial charge in [0.25, 0.3) is 11.6 Å². The van der Waals surface area contributed by atoms with Gasteiger partial charge in [0.1, 0.15) is 5.82 Å². The number of nitrogens with zero attached hydrogens (tertiary/aromatic N) is 2. The van der Waals surface area contributed by atoms with E-state index in [0.29, 0.717) is 21.4 Å². The Balaban J connectivity index is 2.26. The Kier molecular flexibility index (Phi) is 4.09. The van der Waals surface area contributed by atoms with Crippen molar-refractivity contribution in [1.82, 2.24) is 4.98 Å². The number of halogens is 1. The lowest BCUT2D eigenvalue weighted by Gasteiger charge is -2.08. The standard InChI is InChI=1S/C13H10BrN3O3/c1-8-7-9(17(19)20)4-5-10(8)13(18)16-12-11(14)3-2-6-15-12/h2-7H,1H3,(H,15,16,18). The molecule has 0 unspecified atom stereocenters. The molecular formula is C13H10BrN3O3. The molecule has 0 atom stereocenters. The maximum atomic E-state index is 12.1. The molecule has 1 amide bonds. The number of benzene rings is 1. The summed E-state index contributed by atoms with van der Waals surface area (Å²) in [6.07, 6.45) is 1.56. The molecule has 7 heteroatoms. The van der Waals surface area contributed by atoms with E-state index >= 15 is 0 Å². The summed E-state index contributed by atoms with van der Waals surface area (Å²) < 4.78 is 0.660. The molecule has 6 nitrogen and oxygen atoms in total. The molecule has 1 aromatic carbocycles. The number of nitrogens with one attached hydrogen (secondary N) is 1. The van der Waals surface area contributed by atoms with Gasteiger partial charge in [0.2, 0.25) is 0 Å². The Morgan fingerprint density at radius 3 is 2.75 bits per heavy atom. The minimum atomic E-state index is -0.496. The number of carbonyl (C=O) groups excluding carboxylic acids is 1. The zero-order chi connectivity index (χ0) is 14.7. The van der Waals surface area contributed by atoms with E-state index in [1.54, 1.807) is 25.3 Å². The number of aryl methyl sites for hydroxylation is 1. The van der Waals surface area contributed by atoms with E-state index in [4.69, 9.17) is 0 Å². The summed E-state index contributed by atoms with van der Waals surface area (Å²) in [5.74, 6) is 0.0343. The van der Waals surface area contributed by atoms with Crippen molar-refractivity contribution < 1.29 is 9.72 Å². The van der Waals surface area contributed by atoms with Gasteiger partial charge in [-0.15, -0.1) is 0 Å². The number of carbonyl (C=O) groups is 1. The molecule has 2 aromatic rings. The quantitative estimate of drug-likeness (QED) is 0.688. The summed E-state index contributed by atoms with van der Waals surface area (Å²) >= 11 is 3.28. The molecule has 0 radical (unpaired) electrons. The van der Waals surface area contributed by atoms with Gasteiger partial charge < -0.3 is 5.32 Å². The van der Waals surface area contributed by atoms with Gasteiger partial charge in [-0.2, -0.15) is 0 Å². The first-order valence-electron chi connectivity index (χ1n) is 5.66. The van der Waals surface area contributed by atoms with Crippen molar-refractivity contribution in [3.8, 4) is 0 Å². The summed E-state index contributed by atoms with van der Waals surface area (Å²) in [5.41, 5.74) is 0.856. The molecule has 102 valence electrons. The molecule has 0 aliphatic heterocycles. The Morgan fingerprint density at radius 2 is 2.15 bits per heavy atom. The number of amides is 1. The molecule has 20 heavy (non-hydrogen) atoms. The summed E-state index contributed by atoms with van der Waals surface area (Å²) in [6, 6.07) is 7.58. The van der Waals surface area contributed by atoms with Crippen LogP contribution in [0.2, 0.25) is 0 Å². The fourth-order valence-corrected chi connectivity index (χ4v) is 2.02. The zero-order valence-electron chi connectivity index (χ0n) is 10.5. The van der Waals surface area contributed by atoms with Crippen LogP contribution >= 0.6 is 15.9 Å². The Morgan fingerprint density at radius 1 is 1.40 bits per heavy atom. The monoisotopic (exact) mass is 335 g/mol. The van der Waals surface area contributed by atoms with Gasteiger partial charge in [-0.25, -0.2) is 4.98 Å². The van der Waals surface area contributed by atoms with Crippen LogP contribution in [0.1, 0.15) is 15.9 Å². The van der Waals surface area contributed by atoms with E-state index in [1.165, 1.54) is 18.2 Å². The first-order valence-corrected chi connectivity index (χ1v) is 6.45. The fourth-order valence-electron chi connectivity index (χ4n) is 1.67. The number of rotatable bonds is 3. The first-order chi connectivity index (χ1) is 9.49. The van der Waals surface area contributed by atoms with Gasteiger partial charge in [-0.1, -0.05) is 0 Å². The van der Waals surface area contributed by atoms with E-state index < -0.39 is 4.92 Å². The lowest BCUT2D eigenvalue weighted by atomic mass is 10.1. The van der Waals surface area contributed by atoms with Crippen LogP contribution in [-0.4, -0.2) is 15.8 Å². The van der Waals surface area contributed by atoms with E-state index in [1.807, 2.05) is 0 Å². The normalized spacial score (nSPS) is 10.1. The third kappa shape index (κ3) is 3.00. The topological polar surface area (TPSA) is 85.1 Å². The van der Waals surface area contributed by atoms with Crippen molar-refractivity contribution >= 4 is 33.3 Å². The molecule has 0 spiro atoms. The number of nitro groups is 1. The van der Waals surface area contributed by atoms with Crippen LogP contribution in [-0.2, 0) is 0 Å². The summed E-state index contributed by atoms with van der Waals surface area (Å²) in [7, 11) is 0. The summed E-state index contributed by atoms with van der Waals surface area (Å²) in [5, 5.41) is 13.3. The molecule has 0 saturated heterocycles. The molecule has 0 saturated carbocycles. The van der Waals surface area contributed by atoms with Gasteiger partial charge in [0.05, 0.1) is 9.40 Å². The molecule has 2 rings (SSSR count). The average Bonchev–Trinajstić information content (AvgIpc) is 2.41. The predicted octanol–water partition coefficient (Wildman–Crippen LogP) is 3.31. The molecular weight excluding hydrogens is 326 g/mol. The number of non-ortho nitro benzene ring substituents is 1. The third-order valence-corrected chi connectivity index (χ3v) is 3.30. The Labute approximate surface area is 123 Å². The van der Waals surface area contributed by atoms with Crippen LogP contribution in [0.15, 0.2) is 41.0 Å². The Bertz CT molecular complexity index is 688. The van der Waals surface area contributed by atoms with Gasteiger partial charge >= 0.3 is 0 Å². The van der Waals surface area contributed by atoms with Crippen molar-refractivity contribution in [1.29, 1.82) is 0 Å². The highest BCUT2D eigenvalue weighted by Gasteiger charge is 2.14. The maximum absolute atomic E-state index is 12.1. The third-order valence-electron chi connectivity index (χ3n) is 2.66. The number of hydrogen-bond donors (Lipinski definition) is 1. The molecule has 0 bridgehead atoms. The van der Waals surface area contributed by atoms with E-state index in [-0.39, 0.29) is 11.6 Å². The number of nitro benzene ring substituents is 1. The summed E-state index contributed by atoms with van der Waals surface area (Å²) in [6.45, 7) is 1.65. The SMILES string of the molecule is Cc1cc([N+](=O)[O-])ccc1C(=O)Nc1ncccc1Br. The second-order valence-electron chi connectivity index (χ2n) is 4.04. The lowest BCUT2D eigenvalue weighted by molar-refractivity contribution is -0.384. The van der Waals surface area contributed by atoms with Crippen LogP contribution in [0.5, 0.6) is 0 Å². The smallest absolute Gasteiger partial charge is 0.269 e. The number of pyridine rings is 1. The molecule has 0 aliphatic carbocycles. The highest BCUT2D eigenvalue weighted by Crippen LogP contribution is 2.21.